The number of esters is 1. The molecule has 1 aliphatic heterocycles. The fraction of sp³-hybridized carbons (Fsp3) is 0.316. The number of ether oxygens (including phenoxy) is 2. The average Bonchev–Trinajstić information content (AvgIpc) is 3.09. The van der Waals surface area contributed by atoms with Crippen molar-refractivity contribution in [2.75, 3.05) is 25.1 Å². The van der Waals surface area contributed by atoms with Crippen LogP contribution in [0.5, 0.6) is 5.75 Å². The molecule has 1 saturated heterocycles. The van der Waals surface area contributed by atoms with E-state index in [1.54, 1.807) is 6.07 Å². The fourth-order valence-corrected chi connectivity index (χ4v) is 2.95. The van der Waals surface area contributed by atoms with Gasteiger partial charge in [-0.15, -0.1) is 0 Å². The molecule has 0 bridgehead atoms. The number of methoxy groups -OCH3 is 1. The second-order valence-electron chi connectivity index (χ2n) is 6.15. The third-order valence-corrected chi connectivity index (χ3v) is 4.35. The van der Waals surface area contributed by atoms with Crippen molar-refractivity contribution in [2.24, 2.45) is 0 Å². The second kappa shape index (κ2) is 7.46. The summed E-state index contributed by atoms with van der Waals surface area (Å²) in [5.74, 6) is -1.07. The molecule has 144 valence electrons. The van der Waals surface area contributed by atoms with Gasteiger partial charge < -0.3 is 14.4 Å². The van der Waals surface area contributed by atoms with Crippen LogP contribution in [0.2, 0.25) is 0 Å². The molecule has 1 aliphatic rings. The SMILES string of the molecule is COC(=O)c1ccc(N2CC[C@H](Oc3ccc(C(F)(F)F)cc3)C2)cc1F. The van der Waals surface area contributed by atoms with E-state index in [1.165, 1.54) is 31.4 Å². The predicted molar refractivity (Wildman–Crippen MR) is 90.4 cm³/mol. The molecule has 0 aliphatic carbocycles. The molecule has 1 heterocycles. The number of hydrogen-bond acceptors (Lipinski definition) is 4. The van der Waals surface area contributed by atoms with Gasteiger partial charge in [0, 0.05) is 18.7 Å². The van der Waals surface area contributed by atoms with Crippen molar-refractivity contribution in [2.45, 2.75) is 18.7 Å². The summed E-state index contributed by atoms with van der Waals surface area (Å²) in [6.07, 6.45) is -3.98. The lowest BCUT2D eigenvalue weighted by molar-refractivity contribution is -0.137. The summed E-state index contributed by atoms with van der Waals surface area (Å²) in [5, 5.41) is 0. The number of anilines is 1. The number of benzene rings is 2. The highest BCUT2D eigenvalue weighted by molar-refractivity contribution is 5.90. The first-order valence-electron chi connectivity index (χ1n) is 8.24. The first kappa shape index (κ1) is 19.0. The molecule has 4 nitrogen and oxygen atoms in total. The van der Waals surface area contributed by atoms with Gasteiger partial charge in [0.15, 0.2) is 0 Å². The van der Waals surface area contributed by atoms with Gasteiger partial charge in [0.25, 0.3) is 0 Å². The van der Waals surface area contributed by atoms with Crippen molar-refractivity contribution in [1.29, 1.82) is 0 Å². The van der Waals surface area contributed by atoms with Crippen molar-refractivity contribution in [3.05, 3.63) is 59.4 Å². The average molecular weight is 383 g/mol. The highest BCUT2D eigenvalue weighted by atomic mass is 19.4. The molecule has 2 aromatic rings. The molecule has 0 aromatic heterocycles. The second-order valence-corrected chi connectivity index (χ2v) is 6.15. The summed E-state index contributed by atoms with van der Waals surface area (Å²) >= 11 is 0. The van der Waals surface area contributed by atoms with Gasteiger partial charge in [-0.3, -0.25) is 0 Å². The number of nitrogens with zero attached hydrogens (tertiary/aromatic N) is 1. The molecule has 27 heavy (non-hydrogen) atoms. The maximum Gasteiger partial charge on any atom is 0.416 e. The van der Waals surface area contributed by atoms with E-state index in [0.29, 0.717) is 30.9 Å². The van der Waals surface area contributed by atoms with Crippen LogP contribution in [0.25, 0.3) is 0 Å². The minimum absolute atomic E-state index is 0.141. The maximum atomic E-state index is 14.1. The molecule has 3 rings (SSSR count). The smallest absolute Gasteiger partial charge is 0.416 e. The zero-order chi connectivity index (χ0) is 19.6. The molecule has 1 atom stereocenters. The van der Waals surface area contributed by atoms with E-state index in [1.807, 2.05) is 4.90 Å². The number of hydrogen-bond donors (Lipinski definition) is 0. The Labute approximate surface area is 153 Å². The number of alkyl halides is 3. The molecule has 0 saturated carbocycles. The summed E-state index contributed by atoms with van der Waals surface area (Å²) in [5.41, 5.74) is -0.277. The van der Waals surface area contributed by atoms with E-state index < -0.39 is 23.5 Å². The zero-order valence-corrected chi connectivity index (χ0v) is 14.4. The molecule has 0 spiro atoms. The van der Waals surface area contributed by atoms with Gasteiger partial charge in [-0.25, -0.2) is 9.18 Å². The molecule has 0 unspecified atom stereocenters. The van der Waals surface area contributed by atoms with Crippen LogP contribution >= 0.6 is 0 Å². The highest BCUT2D eigenvalue weighted by Crippen LogP contribution is 2.31. The van der Waals surface area contributed by atoms with E-state index in [0.717, 1.165) is 12.1 Å². The van der Waals surface area contributed by atoms with Crippen LogP contribution in [-0.2, 0) is 10.9 Å². The van der Waals surface area contributed by atoms with Crippen molar-refractivity contribution in [1.82, 2.24) is 0 Å². The standard InChI is InChI=1S/C19H17F4NO3/c1-26-18(25)16-7-4-13(10-17(16)20)24-9-8-15(11-24)27-14-5-2-12(3-6-14)19(21,22)23/h2-7,10,15H,8-9,11H2,1H3/t15-/m0/s1. The third-order valence-electron chi connectivity index (χ3n) is 4.35. The molecule has 1 fully saturated rings. The summed E-state index contributed by atoms with van der Waals surface area (Å²) < 4.78 is 62.1. The maximum absolute atomic E-state index is 14.1. The molecule has 8 heteroatoms. The molecular formula is C19H17F4NO3. The van der Waals surface area contributed by atoms with Gasteiger partial charge in [-0.05, 0) is 42.5 Å². The third kappa shape index (κ3) is 4.32. The first-order chi connectivity index (χ1) is 12.8. The Kier molecular flexibility index (Phi) is 5.25. The van der Waals surface area contributed by atoms with Gasteiger partial charge in [0.05, 0.1) is 24.8 Å². The molecule has 2 aromatic carbocycles. The molecule has 0 amide bonds. The minimum atomic E-state index is -4.39. The van der Waals surface area contributed by atoms with Gasteiger partial charge in [-0.2, -0.15) is 13.2 Å². The van der Waals surface area contributed by atoms with Crippen molar-refractivity contribution < 1.29 is 31.8 Å². The Morgan fingerprint density at radius 3 is 2.44 bits per heavy atom. The van der Waals surface area contributed by atoms with Crippen LogP contribution in [0.1, 0.15) is 22.3 Å². The Hall–Kier alpha value is -2.77. The Morgan fingerprint density at radius 2 is 1.85 bits per heavy atom. The number of carbonyl (C=O) groups is 1. The molecule has 0 N–H and O–H groups in total. The van der Waals surface area contributed by atoms with E-state index >= 15 is 0 Å². The zero-order valence-electron chi connectivity index (χ0n) is 14.4. The van der Waals surface area contributed by atoms with Crippen molar-refractivity contribution in [3.8, 4) is 5.75 Å². The lowest BCUT2D eigenvalue weighted by Crippen LogP contribution is -2.24. The lowest BCUT2D eigenvalue weighted by atomic mass is 10.2. The van der Waals surface area contributed by atoms with Gasteiger partial charge in [0.2, 0.25) is 0 Å². The highest BCUT2D eigenvalue weighted by Gasteiger charge is 2.30. The quantitative estimate of drug-likeness (QED) is 0.583. The minimum Gasteiger partial charge on any atom is -0.489 e. The first-order valence-corrected chi connectivity index (χ1v) is 8.24. The van der Waals surface area contributed by atoms with Crippen LogP contribution in [-0.4, -0.2) is 32.3 Å². The van der Waals surface area contributed by atoms with Crippen molar-refractivity contribution in [3.63, 3.8) is 0 Å². The van der Waals surface area contributed by atoms with Crippen LogP contribution in [0.4, 0.5) is 23.2 Å². The van der Waals surface area contributed by atoms with E-state index in [2.05, 4.69) is 4.74 Å². The Morgan fingerprint density at radius 1 is 1.15 bits per heavy atom. The summed E-state index contributed by atoms with van der Waals surface area (Å²) in [6.45, 7) is 1.06. The van der Waals surface area contributed by atoms with Crippen LogP contribution < -0.4 is 9.64 Å². The lowest BCUT2D eigenvalue weighted by Gasteiger charge is -2.19. The molecule has 0 radical (unpaired) electrons. The van der Waals surface area contributed by atoms with Crippen LogP contribution in [0.3, 0.4) is 0 Å². The van der Waals surface area contributed by atoms with Gasteiger partial charge in [0.1, 0.15) is 17.7 Å². The summed E-state index contributed by atoms with van der Waals surface area (Å²) in [7, 11) is 1.18. The summed E-state index contributed by atoms with van der Waals surface area (Å²) in [4.78, 5) is 13.3. The largest absolute Gasteiger partial charge is 0.489 e. The van der Waals surface area contributed by atoms with E-state index in [-0.39, 0.29) is 11.7 Å². The van der Waals surface area contributed by atoms with E-state index in [9.17, 15) is 22.4 Å². The fourth-order valence-electron chi connectivity index (χ4n) is 2.95. The van der Waals surface area contributed by atoms with Crippen LogP contribution in [0.15, 0.2) is 42.5 Å². The topological polar surface area (TPSA) is 38.8 Å². The normalized spacial score (nSPS) is 17.1. The predicted octanol–water partition coefficient (Wildman–Crippen LogP) is 4.29. The number of carbonyl (C=O) groups excluding carboxylic acids is 1. The molecular weight excluding hydrogens is 366 g/mol. The number of halogens is 4. The monoisotopic (exact) mass is 383 g/mol. The van der Waals surface area contributed by atoms with Gasteiger partial charge in [-0.1, -0.05) is 0 Å². The summed E-state index contributed by atoms with van der Waals surface area (Å²) in [6, 6.07) is 8.77. The van der Waals surface area contributed by atoms with Gasteiger partial charge >= 0.3 is 12.1 Å². The number of rotatable bonds is 4. The van der Waals surface area contributed by atoms with Crippen LogP contribution in [0, 0.1) is 5.82 Å². The Bertz CT molecular complexity index is 821. The Balaban J connectivity index is 1.63. The van der Waals surface area contributed by atoms with Crippen molar-refractivity contribution >= 4 is 11.7 Å². The van der Waals surface area contributed by atoms with E-state index in [4.69, 9.17) is 4.74 Å².